The maximum Gasteiger partial charge on any atom is 0.253 e. The standard InChI is InChI=1S/C19H26N2O2/c22-18(20-14-15-6-4-5-7-15)16-10-12-21(13-11-16)19(23)17-8-2-1-3-9-17/h1-3,8-9,15-16H,4-7,10-14H2,(H,20,22). The Morgan fingerprint density at radius 2 is 1.65 bits per heavy atom. The van der Waals surface area contributed by atoms with Gasteiger partial charge >= 0.3 is 0 Å². The second-order valence-electron chi connectivity index (χ2n) is 6.83. The van der Waals surface area contributed by atoms with E-state index in [1.807, 2.05) is 35.2 Å². The van der Waals surface area contributed by atoms with Crippen molar-refractivity contribution in [3.8, 4) is 0 Å². The van der Waals surface area contributed by atoms with E-state index in [0.717, 1.165) is 24.9 Å². The van der Waals surface area contributed by atoms with E-state index in [1.54, 1.807) is 0 Å². The van der Waals surface area contributed by atoms with Gasteiger partial charge in [0, 0.05) is 31.1 Å². The molecule has 0 aromatic heterocycles. The molecule has 124 valence electrons. The molecule has 0 bridgehead atoms. The van der Waals surface area contributed by atoms with Gasteiger partial charge < -0.3 is 10.2 Å². The van der Waals surface area contributed by atoms with E-state index in [4.69, 9.17) is 0 Å². The van der Waals surface area contributed by atoms with Crippen molar-refractivity contribution < 1.29 is 9.59 Å². The summed E-state index contributed by atoms with van der Waals surface area (Å²) < 4.78 is 0. The molecular weight excluding hydrogens is 288 g/mol. The summed E-state index contributed by atoms with van der Waals surface area (Å²) in [6, 6.07) is 9.38. The Morgan fingerprint density at radius 1 is 1.00 bits per heavy atom. The number of nitrogens with one attached hydrogen (secondary N) is 1. The molecule has 1 aliphatic carbocycles. The summed E-state index contributed by atoms with van der Waals surface area (Å²) in [4.78, 5) is 26.6. The number of benzene rings is 1. The quantitative estimate of drug-likeness (QED) is 0.929. The van der Waals surface area contributed by atoms with Gasteiger partial charge in [-0.2, -0.15) is 0 Å². The second kappa shape index (κ2) is 7.62. The summed E-state index contributed by atoms with van der Waals surface area (Å²) in [7, 11) is 0. The lowest BCUT2D eigenvalue weighted by Gasteiger charge is -2.31. The zero-order valence-electron chi connectivity index (χ0n) is 13.7. The third-order valence-corrected chi connectivity index (χ3v) is 5.21. The fourth-order valence-corrected chi connectivity index (χ4v) is 3.71. The molecule has 0 atom stereocenters. The van der Waals surface area contributed by atoms with Gasteiger partial charge in [0.15, 0.2) is 0 Å². The Morgan fingerprint density at radius 3 is 2.30 bits per heavy atom. The van der Waals surface area contributed by atoms with Gasteiger partial charge in [-0.05, 0) is 43.7 Å². The number of piperidine rings is 1. The van der Waals surface area contributed by atoms with E-state index in [9.17, 15) is 9.59 Å². The minimum absolute atomic E-state index is 0.0660. The van der Waals surface area contributed by atoms with Crippen molar-refractivity contribution in [2.45, 2.75) is 38.5 Å². The number of hydrogen-bond acceptors (Lipinski definition) is 2. The van der Waals surface area contributed by atoms with E-state index in [0.29, 0.717) is 19.0 Å². The zero-order chi connectivity index (χ0) is 16.1. The number of carbonyl (C=O) groups excluding carboxylic acids is 2. The van der Waals surface area contributed by atoms with Crippen molar-refractivity contribution in [1.29, 1.82) is 0 Å². The first-order valence-electron chi connectivity index (χ1n) is 8.86. The normalized spacial score (nSPS) is 19.7. The van der Waals surface area contributed by atoms with Crippen LogP contribution < -0.4 is 5.32 Å². The maximum atomic E-state index is 12.4. The summed E-state index contributed by atoms with van der Waals surface area (Å²) in [5, 5.41) is 3.13. The Bertz CT molecular complexity index is 530. The number of likely N-dealkylation sites (tertiary alicyclic amines) is 1. The molecule has 3 rings (SSSR count). The van der Waals surface area contributed by atoms with Gasteiger partial charge in [0.2, 0.25) is 5.91 Å². The molecule has 0 radical (unpaired) electrons. The van der Waals surface area contributed by atoms with Crippen molar-refractivity contribution in [1.82, 2.24) is 10.2 Å². The van der Waals surface area contributed by atoms with Crippen molar-refractivity contribution in [2.24, 2.45) is 11.8 Å². The molecule has 1 heterocycles. The lowest BCUT2D eigenvalue weighted by molar-refractivity contribution is -0.126. The average molecular weight is 314 g/mol. The topological polar surface area (TPSA) is 49.4 Å². The van der Waals surface area contributed by atoms with Crippen LogP contribution in [-0.2, 0) is 4.79 Å². The fraction of sp³-hybridized carbons (Fsp3) is 0.579. The summed E-state index contributed by atoms with van der Waals surface area (Å²) in [6.45, 7) is 2.19. The largest absolute Gasteiger partial charge is 0.356 e. The molecule has 0 spiro atoms. The van der Waals surface area contributed by atoms with Crippen LogP contribution in [0.5, 0.6) is 0 Å². The first-order chi connectivity index (χ1) is 11.2. The Hall–Kier alpha value is -1.84. The molecule has 2 amide bonds. The lowest BCUT2D eigenvalue weighted by atomic mass is 9.95. The minimum atomic E-state index is 0.0660. The predicted molar refractivity (Wildman–Crippen MR) is 90.0 cm³/mol. The highest BCUT2D eigenvalue weighted by Crippen LogP contribution is 2.24. The van der Waals surface area contributed by atoms with Gasteiger partial charge in [0.1, 0.15) is 0 Å². The van der Waals surface area contributed by atoms with Crippen LogP contribution in [0.15, 0.2) is 30.3 Å². The predicted octanol–water partition coefficient (Wildman–Crippen LogP) is 2.85. The molecule has 1 aromatic carbocycles. The molecule has 1 N–H and O–H groups in total. The van der Waals surface area contributed by atoms with Crippen LogP contribution >= 0.6 is 0 Å². The van der Waals surface area contributed by atoms with E-state index in [2.05, 4.69) is 5.32 Å². The number of amides is 2. The second-order valence-corrected chi connectivity index (χ2v) is 6.83. The SMILES string of the molecule is O=C(NCC1CCCC1)C1CCN(C(=O)c2ccccc2)CC1. The van der Waals surface area contributed by atoms with Crippen molar-refractivity contribution in [3.63, 3.8) is 0 Å². The summed E-state index contributed by atoms with van der Waals surface area (Å²) >= 11 is 0. The van der Waals surface area contributed by atoms with Crippen LogP contribution in [0.3, 0.4) is 0 Å². The van der Waals surface area contributed by atoms with Crippen molar-refractivity contribution in [2.75, 3.05) is 19.6 Å². The molecule has 23 heavy (non-hydrogen) atoms. The Labute approximate surface area is 138 Å². The van der Waals surface area contributed by atoms with E-state index >= 15 is 0 Å². The molecule has 2 aliphatic rings. The highest BCUT2D eigenvalue weighted by molar-refractivity contribution is 5.94. The minimum Gasteiger partial charge on any atom is -0.356 e. The fourth-order valence-electron chi connectivity index (χ4n) is 3.71. The molecule has 0 unspecified atom stereocenters. The first kappa shape index (κ1) is 16.0. The third kappa shape index (κ3) is 4.12. The average Bonchev–Trinajstić information content (AvgIpc) is 3.13. The van der Waals surface area contributed by atoms with Gasteiger partial charge in [-0.15, -0.1) is 0 Å². The number of carbonyl (C=O) groups is 2. The smallest absolute Gasteiger partial charge is 0.253 e. The highest BCUT2D eigenvalue weighted by Gasteiger charge is 2.28. The summed E-state index contributed by atoms with van der Waals surface area (Å²) in [6.07, 6.45) is 6.67. The molecule has 4 nitrogen and oxygen atoms in total. The van der Waals surface area contributed by atoms with Crippen molar-refractivity contribution >= 4 is 11.8 Å². The van der Waals surface area contributed by atoms with Crippen LogP contribution in [0.2, 0.25) is 0 Å². The molecule has 2 fully saturated rings. The first-order valence-corrected chi connectivity index (χ1v) is 8.86. The molecule has 1 saturated heterocycles. The molecular formula is C19H26N2O2. The van der Waals surface area contributed by atoms with Crippen molar-refractivity contribution in [3.05, 3.63) is 35.9 Å². The zero-order valence-corrected chi connectivity index (χ0v) is 13.7. The van der Waals surface area contributed by atoms with Crippen LogP contribution in [0.1, 0.15) is 48.9 Å². The molecule has 1 aliphatic heterocycles. The van der Waals surface area contributed by atoms with E-state index < -0.39 is 0 Å². The van der Waals surface area contributed by atoms with Gasteiger partial charge in [-0.25, -0.2) is 0 Å². The van der Waals surface area contributed by atoms with Crippen LogP contribution in [0.25, 0.3) is 0 Å². The lowest BCUT2D eigenvalue weighted by Crippen LogP contribution is -2.43. The van der Waals surface area contributed by atoms with E-state index in [-0.39, 0.29) is 17.7 Å². The number of hydrogen-bond donors (Lipinski definition) is 1. The highest BCUT2D eigenvalue weighted by atomic mass is 16.2. The van der Waals surface area contributed by atoms with Gasteiger partial charge in [0.25, 0.3) is 5.91 Å². The van der Waals surface area contributed by atoms with Gasteiger partial charge in [-0.1, -0.05) is 31.0 Å². The monoisotopic (exact) mass is 314 g/mol. The summed E-state index contributed by atoms with van der Waals surface area (Å²) in [5.74, 6) is 1.01. The van der Waals surface area contributed by atoms with Crippen LogP contribution in [0.4, 0.5) is 0 Å². The Balaban J connectivity index is 1.44. The van der Waals surface area contributed by atoms with Crippen LogP contribution in [-0.4, -0.2) is 36.3 Å². The molecule has 4 heteroatoms. The Kier molecular flexibility index (Phi) is 5.31. The van der Waals surface area contributed by atoms with Gasteiger partial charge in [0.05, 0.1) is 0 Å². The van der Waals surface area contributed by atoms with E-state index in [1.165, 1.54) is 25.7 Å². The summed E-state index contributed by atoms with van der Waals surface area (Å²) in [5.41, 5.74) is 0.733. The number of rotatable bonds is 4. The molecule has 1 saturated carbocycles. The molecule has 1 aromatic rings. The van der Waals surface area contributed by atoms with Crippen LogP contribution in [0, 0.1) is 11.8 Å². The maximum absolute atomic E-state index is 12.4. The number of nitrogens with zero attached hydrogens (tertiary/aromatic N) is 1. The third-order valence-electron chi connectivity index (χ3n) is 5.21. The van der Waals surface area contributed by atoms with Gasteiger partial charge in [-0.3, -0.25) is 9.59 Å².